The molecule has 0 saturated carbocycles. The number of rotatable bonds is 6. The summed E-state index contributed by atoms with van der Waals surface area (Å²) in [6.45, 7) is 6.11. The Bertz CT molecular complexity index is 803. The van der Waals surface area contributed by atoms with Crippen LogP contribution in [0.3, 0.4) is 0 Å². The Morgan fingerprint density at radius 3 is 2.46 bits per heavy atom. The molecule has 3 rings (SSSR count). The number of aryl methyl sites for hydroxylation is 1. The first-order valence-electron chi connectivity index (χ1n) is 9.83. The molecule has 2 aromatic rings. The van der Waals surface area contributed by atoms with Crippen LogP contribution in [0.4, 0.5) is 10.1 Å². The fraction of sp³-hybridized carbons (Fsp3) is 0.409. The fourth-order valence-corrected chi connectivity index (χ4v) is 3.38. The van der Waals surface area contributed by atoms with Gasteiger partial charge < -0.3 is 20.3 Å². The molecule has 0 radical (unpaired) electrons. The quantitative estimate of drug-likeness (QED) is 0.594. The highest BCUT2D eigenvalue weighted by molar-refractivity contribution is 5.79. The third-order valence-corrected chi connectivity index (χ3v) is 4.99. The number of anilines is 1. The van der Waals surface area contributed by atoms with Gasteiger partial charge in [-0.3, -0.25) is 4.99 Å². The van der Waals surface area contributed by atoms with Crippen LogP contribution < -0.4 is 15.5 Å². The average Bonchev–Trinajstić information content (AvgIpc) is 2.75. The number of nitrogens with zero attached hydrogens (tertiary/aromatic N) is 2. The lowest BCUT2D eigenvalue weighted by molar-refractivity contribution is 0.122. The molecule has 0 unspecified atom stereocenters. The fourth-order valence-electron chi connectivity index (χ4n) is 3.38. The lowest BCUT2D eigenvalue weighted by Crippen LogP contribution is -2.37. The number of hydrogen-bond acceptors (Lipinski definition) is 3. The standard InChI is InChI=1S/C22H29FN4O/c1-3-18-6-4-5-7-19(18)16-26-22(24-2)25-15-17-8-9-21(20(23)14-17)27-10-12-28-13-11-27/h4-9,14H,3,10-13,15-16H2,1-2H3,(H2,24,25,26). The molecule has 0 atom stereocenters. The molecule has 0 aromatic heterocycles. The van der Waals surface area contributed by atoms with Gasteiger partial charge in [0, 0.05) is 33.2 Å². The Hall–Kier alpha value is -2.60. The van der Waals surface area contributed by atoms with E-state index in [4.69, 9.17) is 4.74 Å². The van der Waals surface area contributed by atoms with Crippen molar-refractivity contribution in [2.75, 3.05) is 38.3 Å². The number of guanidine groups is 1. The van der Waals surface area contributed by atoms with E-state index in [1.165, 1.54) is 11.1 Å². The molecule has 1 heterocycles. The maximum atomic E-state index is 14.5. The van der Waals surface area contributed by atoms with Crippen LogP contribution in [0.15, 0.2) is 47.5 Å². The van der Waals surface area contributed by atoms with Gasteiger partial charge in [0.25, 0.3) is 0 Å². The molecule has 150 valence electrons. The highest BCUT2D eigenvalue weighted by Gasteiger charge is 2.15. The third-order valence-electron chi connectivity index (χ3n) is 4.99. The summed E-state index contributed by atoms with van der Waals surface area (Å²) in [7, 11) is 1.74. The van der Waals surface area contributed by atoms with Crippen molar-refractivity contribution in [1.82, 2.24) is 10.6 Å². The number of benzene rings is 2. The Balaban J connectivity index is 1.55. The molecule has 28 heavy (non-hydrogen) atoms. The maximum Gasteiger partial charge on any atom is 0.191 e. The normalized spacial score (nSPS) is 14.8. The molecule has 2 aromatic carbocycles. The zero-order valence-corrected chi connectivity index (χ0v) is 16.7. The Kier molecular flexibility index (Phi) is 7.25. The average molecular weight is 384 g/mol. The first kappa shape index (κ1) is 20.1. The van der Waals surface area contributed by atoms with Gasteiger partial charge in [0.1, 0.15) is 5.82 Å². The van der Waals surface area contributed by atoms with E-state index in [9.17, 15) is 4.39 Å². The number of aliphatic imine (C=N–C) groups is 1. The van der Waals surface area contributed by atoms with Gasteiger partial charge in [-0.25, -0.2) is 4.39 Å². The summed E-state index contributed by atoms with van der Waals surface area (Å²) < 4.78 is 19.9. The lowest BCUT2D eigenvalue weighted by Gasteiger charge is -2.29. The number of ether oxygens (including phenoxy) is 1. The molecular formula is C22H29FN4O. The summed E-state index contributed by atoms with van der Waals surface area (Å²) in [6, 6.07) is 13.8. The van der Waals surface area contributed by atoms with E-state index in [0.29, 0.717) is 38.0 Å². The molecule has 1 saturated heterocycles. The van der Waals surface area contributed by atoms with Crippen molar-refractivity contribution >= 4 is 11.6 Å². The highest BCUT2D eigenvalue weighted by atomic mass is 19.1. The van der Waals surface area contributed by atoms with Crippen LogP contribution in [0.1, 0.15) is 23.6 Å². The number of halogens is 1. The smallest absolute Gasteiger partial charge is 0.191 e. The van der Waals surface area contributed by atoms with Gasteiger partial charge in [0.05, 0.1) is 18.9 Å². The van der Waals surface area contributed by atoms with Crippen molar-refractivity contribution in [3.05, 3.63) is 65.0 Å². The number of hydrogen-bond donors (Lipinski definition) is 2. The van der Waals surface area contributed by atoms with Crippen molar-refractivity contribution < 1.29 is 9.13 Å². The molecular weight excluding hydrogens is 355 g/mol. The SMILES string of the molecule is CCc1ccccc1CNC(=NC)NCc1ccc(N2CCOCC2)c(F)c1. The molecule has 0 spiro atoms. The molecule has 0 amide bonds. The summed E-state index contributed by atoms with van der Waals surface area (Å²) in [5.74, 6) is 0.504. The van der Waals surface area contributed by atoms with E-state index in [2.05, 4.69) is 40.7 Å². The molecule has 0 aliphatic carbocycles. The molecule has 0 bridgehead atoms. The second kappa shape index (κ2) is 10.1. The first-order chi connectivity index (χ1) is 13.7. The molecule has 6 heteroatoms. The summed E-state index contributed by atoms with van der Waals surface area (Å²) in [5, 5.41) is 6.59. The summed E-state index contributed by atoms with van der Waals surface area (Å²) >= 11 is 0. The second-order valence-electron chi connectivity index (χ2n) is 6.79. The van der Waals surface area contributed by atoms with Crippen LogP contribution in [-0.4, -0.2) is 39.3 Å². The topological polar surface area (TPSA) is 48.9 Å². The highest BCUT2D eigenvalue weighted by Crippen LogP contribution is 2.21. The summed E-state index contributed by atoms with van der Waals surface area (Å²) in [5.41, 5.74) is 4.11. The molecule has 5 nitrogen and oxygen atoms in total. The van der Waals surface area contributed by atoms with Gasteiger partial charge >= 0.3 is 0 Å². The summed E-state index contributed by atoms with van der Waals surface area (Å²) in [4.78, 5) is 6.30. The van der Waals surface area contributed by atoms with E-state index in [0.717, 1.165) is 25.1 Å². The van der Waals surface area contributed by atoms with Gasteiger partial charge in [-0.2, -0.15) is 0 Å². The van der Waals surface area contributed by atoms with Crippen LogP contribution in [0.2, 0.25) is 0 Å². The van der Waals surface area contributed by atoms with Crippen LogP contribution >= 0.6 is 0 Å². The van der Waals surface area contributed by atoms with E-state index in [1.54, 1.807) is 13.1 Å². The van der Waals surface area contributed by atoms with Crippen LogP contribution in [0, 0.1) is 5.82 Å². The zero-order valence-electron chi connectivity index (χ0n) is 16.7. The van der Waals surface area contributed by atoms with Gasteiger partial charge in [-0.05, 0) is 35.2 Å². The maximum absolute atomic E-state index is 14.5. The minimum atomic E-state index is -0.194. The van der Waals surface area contributed by atoms with Crippen LogP contribution in [0.25, 0.3) is 0 Å². The van der Waals surface area contributed by atoms with Crippen molar-refractivity contribution in [1.29, 1.82) is 0 Å². The van der Waals surface area contributed by atoms with E-state index >= 15 is 0 Å². The largest absolute Gasteiger partial charge is 0.378 e. The van der Waals surface area contributed by atoms with Gasteiger partial charge in [0.2, 0.25) is 0 Å². The Morgan fingerprint density at radius 1 is 1.07 bits per heavy atom. The van der Waals surface area contributed by atoms with E-state index < -0.39 is 0 Å². The zero-order chi connectivity index (χ0) is 19.8. The van der Waals surface area contributed by atoms with Crippen molar-refractivity contribution in [2.24, 2.45) is 4.99 Å². The number of morpholine rings is 1. The third kappa shape index (κ3) is 5.23. The number of nitrogens with one attached hydrogen (secondary N) is 2. The molecule has 1 aliphatic rings. The summed E-state index contributed by atoms with van der Waals surface area (Å²) in [6.07, 6.45) is 0.999. The molecule has 1 aliphatic heterocycles. The minimum Gasteiger partial charge on any atom is -0.378 e. The van der Waals surface area contributed by atoms with Gasteiger partial charge in [-0.1, -0.05) is 37.3 Å². The minimum absolute atomic E-state index is 0.194. The van der Waals surface area contributed by atoms with Gasteiger partial charge in [-0.15, -0.1) is 0 Å². The van der Waals surface area contributed by atoms with Crippen LogP contribution in [0.5, 0.6) is 0 Å². The van der Waals surface area contributed by atoms with E-state index in [1.807, 2.05) is 23.1 Å². The van der Waals surface area contributed by atoms with Crippen molar-refractivity contribution in [3.8, 4) is 0 Å². The van der Waals surface area contributed by atoms with Gasteiger partial charge in [0.15, 0.2) is 5.96 Å². The Morgan fingerprint density at radius 2 is 1.79 bits per heavy atom. The molecule has 1 fully saturated rings. The predicted molar refractivity (Wildman–Crippen MR) is 112 cm³/mol. The van der Waals surface area contributed by atoms with Crippen LogP contribution in [-0.2, 0) is 24.2 Å². The van der Waals surface area contributed by atoms with E-state index in [-0.39, 0.29) is 5.82 Å². The monoisotopic (exact) mass is 384 g/mol. The second-order valence-corrected chi connectivity index (χ2v) is 6.79. The lowest BCUT2D eigenvalue weighted by atomic mass is 10.1. The first-order valence-corrected chi connectivity index (χ1v) is 9.83. The van der Waals surface area contributed by atoms with Crippen molar-refractivity contribution in [3.63, 3.8) is 0 Å². The van der Waals surface area contributed by atoms with Crippen molar-refractivity contribution in [2.45, 2.75) is 26.4 Å². The predicted octanol–water partition coefficient (Wildman–Crippen LogP) is 3.09. The Labute approximate surface area is 166 Å². The molecule has 2 N–H and O–H groups in total.